The summed E-state index contributed by atoms with van der Waals surface area (Å²) in [4.78, 5) is 0. The zero-order valence-electron chi connectivity index (χ0n) is 19.8. The van der Waals surface area contributed by atoms with Crippen LogP contribution in [0, 0.1) is 0 Å². The zero-order valence-corrected chi connectivity index (χ0v) is 19.8. The van der Waals surface area contributed by atoms with Crippen LogP contribution in [0.15, 0.2) is 89.3 Å². The fourth-order valence-electron chi connectivity index (χ4n) is 3.60. The predicted octanol–water partition coefficient (Wildman–Crippen LogP) is 7.87. The van der Waals surface area contributed by atoms with Crippen LogP contribution in [0.5, 0.6) is 17.2 Å². The van der Waals surface area contributed by atoms with Crippen LogP contribution >= 0.6 is 0 Å². The van der Waals surface area contributed by atoms with E-state index in [2.05, 4.69) is 18.2 Å². The predicted molar refractivity (Wildman–Crippen MR) is 138 cm³/mol. The molecular formula is C30H29O4+. The first-order chi connectivity index (χ1) is 16.7. The van der Waals surface area contributed by atoms with E-state index in [0.717, 1.165) is 51.0 Å². The van der Waals surface area contributed by atoms with Crippen molar-refractivity contribution in [2.75, 3.05) is 20.3 Å². The van der Waals surface area contributed by atoms with E-state index in [1.807, 2.05) is 92.7 Å². The summed E-state index contributed by atoms with van der Waals surface area (Å²) in [5.74, 6) is 4.07. The molecule has 0 saturated carbocycles. The molecule has 0 radical (unpaired) electrons. The van der Waals surface area contributed by atoms with Crippen molar-refractivity contribution in [2.45, 2.75) is 13.8 Å². The molecule has 0 spiro atoms. The SMILES string of the molecule is CCOc1ccc(-c2cc(/C=C\c3ccc(OC)cc3)[o+]c(-c3ccc(OCC)cc3)c2)cc1. The summed E-state index contributed by atoms with van der Waals surface area (Å²) in [7, 11) is 1.67. The molecule has 0 amide bonds. The fourth-order valence-corrected chi connectivity index (χ4v) is 3.60. The minimum atomic E-state index is 0.636. The number of hydrogen-bond acceptors (Lipinski definition) is 3. The number of methoxy groups -OCH3 is 1. The summed E-state index contributed by atoms with van der Waals surface area (Å²) in [6, 6.07) is 28.1. The van der Waals surface area contributed by atoms with E-state index in [-0.39, 0.29) is 0 Å². The van der Waals surface area contributed by atoms with Gasteiger partial charge in [-0.05, 0) is 79.6 Å². The Labute approximate surface area is 201 Å². The van der Waals surface area contributed by atoms with E-state index in [0.29, 0.717) is 13.2 Å². The third kappa shape index (κ3) is 5.84. The first-order valence-electron chi connectivity index (χ1n) is 11.4. The number of rotatable bonds is 9. The van der Waals surface area contributed by atoms with Gasteiger partial charge in [0.25, 0.3) is 0 Å². The largest absolute Gasteiger partial charge is 0.497 e. The van der Waals surface area contributed by atoms with Gasteiger partial charge in [0.15, 0.2) is 0 Å². The third-order valence-corrected chi connectivity index (χ3v) is 5.32. The average Bonchev–Trinajstić information content (AvgIpc) is 2.89. The van der Waals surface area contributed by atoms with Gasteiger partial charge in [0.2, 0.25) is 0 Å². The van der Waals surface area contributed by atoms with Gasteiger partial charge in [-0.25, -0.2) is 4.42 Å². The van der Waals surface area contributed by atoms with Gasteiger partial charge in [0.1, 0.15) is 17.2 Å². The fraction of sp³-hybridized carbons (Fsp3) is 0.167. The van der Waals surface area contributed by atoms with E-state index in [4.69, 9.17) is 18.6 Å². The summed E-state index contributed by atoms with van der Waals surface area (Å²) >= 11 is 0. The lowest BCUT2D eigenvalue weighted by Gasteiger charge is -2.05. The molecule has 0 N–H and O–H groups in total. The number of hydrogen-bond donors (Lipinski definition) is 0. The monoisotopic (exact) mass is 453 g/mol. The highest BCUT2D eigenvalue weighted by Crippen LogP contribution is 2.31. The van der Waals surface area contributed by atoms with Crippen LogP contribution in [-0.4, -0.2) is 20.3 Å². The number of ether oxygens (including phenoxy) is 3. The van der Waals surface area contributed by atoms with Crippen molar-refractivity contribution in [1.82, 2.24) is 0 Å². The van der Waals surface area contributed by atoms with Crippen LogP contribution in [0.3, 0.4) is 0 Å². The maximum atomic E-state index is 6.28. The molecule has 1 heterocycles. The Morgan fingerprint density at radius 3 is 1.74 bits per heavy atom. The van der Waals surface area contributed by atoms with Gasteiger partial charge in [-0.2, -0.15) is 0 Å². The topological polar surface area (TPSA) is 39.0 Å². The molecule has 4 heteroatoms. The molecule has 0 atom stereocenters. The number of benzene rings is 3. The van der Waals surface area contributed by atoms with E-state index < -0.39 is 0 Å². The third-order valence-electron chi connectivity index (χ3n) is 5.32. The second-order valence-electron chi connectivity index (χ2n) is 7.63. The van der Waals surface area contributed by atoms with Gasteiger partial charge in [-0.1, -0.05) is 24.3 Å². The van der Waals surface area contributed by atoms with Crippen molar-refractivity contribution in [3.05, 3.63) is 96.3 Å². The molecule has 4 nitrogen and oxygen atoms in total. The highest BCUT2D eigenvalue weighted by Gasteiger charge is 2.18. The quantitative estimate of drug-likeness (QED) is 0.242. The maximum Gasteiger partial charge on any atom is 0.361 e. The molecule has 0 fully saturated rings. The van der Waals surface area contributed by atoms with Gasteiger partial charge in [0, 0.05) is 11.6 Å². The molecule has 0 bridgehead atoms. The van der Waals surface area contributed by atoms with E-state index in [1.165, 1.54) is 0 Å². The lowest BCUT2D eigenvalue weighted by atomic mass is 10.0. The highest BCUT2D eigenvalue weighted by atomic mass is 16.5. The van der Waals surface area contributed by atoms with Gasteiger partial charge >= 0.3 is 11.5 Å². The summed E-state index contributed by atoms with van der Waals surface area (Å²) in [6.07, 6.45) is 4.01. The summed E-state index contributed by atoms with van der Waals surface area (Å²) in [6.45, 7) is 5.24. The molecule has 0 unspecified atom stereocenters. The van der Waals surface area contributed by atoms with Gasteiger partial charge in [-0.15, -0.1) is 0 Å². The second kappa shape index (κ2) is 11.2. The van der Waals surface area contributed by atoms with Gasteiger partial charge in [0.05, 0.1) is 38.0 Å². The van der Waals surface area contributed by atoms with Crippen molar-refractivity contribution in [3.8, 4) is 39.7 Å². The first-order valence-corrected chi connectivity index (χ1v) is 11.4. The molecule has 3 aromatic carbocycles. The smallest absolute Gasteiger partial charge is 0.361 e. The van der Waals surface area contributed by atoms with Crippen LogP contribution in [0.2, 0.25) is 0 Å². The van der Waals surface area contributed by atoms with Crippen LogP contribution in [-0.2, 0) is 0 Å². The lowest BCUT2D eigenvalue weighted by molar-refractivity contribution is 0.340. The molecular weight excluding hydrogens is 424 g/mol. The van der Waals surface area contributed by atoms with Crippen molar-refractivity contribution in [1.29, 1.82) is 0 Å². The molecule has 4 rings (SSSR count). The normalized spacial score (nSPS) is 10.9. The Morgan fingerprint density at radius 1 is 0.618 bits per heavy atom. The molecule has 1 aromatic heterocycles. The molecule has 0 aliphatic carbocycles. The van der Waals surface area contributed by atoms with E-state index in [1.54, 1.807) is 7.11 Å². The Balaban J connectivity index is 1.71. The van der Waals surface area contributed by atoms with Gasteiger partial charge < -0.3 is 14.2 Å². The Bertz CT molecular complexity index is 1160. The second-order valence-corrected chi connectivity index (χ2v) is 7.63. The first kappa shape index (κ1) is 23.1. The van der Waals surface area contributed by atoms with Crippen molar-refractivity contribution in [3.63, 3.8) is 0 Å². The Kier molecular flexibility index (Phi) is 7.61. The van der Waals surface area contributed by atoms with Gasteiger partial charge in [-0.3, -0.25) is 0 Å². The Morgan fingerprint density at radius 2 is 1.18 bits per heavy atom. The molecule has 34 heavy (non-hydrogen) atoms. The minimum absolute atomic E-state index is 0.636. The molecule has 0 aliphatic rings. The van der Waals surface area contributed by atoms with Crippen molar-refractivity contribution < 1.29 is 18.6 Å². The van der Waals surface area contributed by atoms with Crippen LogP contribution in [0.1, 0.15) is 25.2 Å². The zero-order chi connectivity index (χ0) is 23.8. The van der Waals surface area contributed by atoms with E-state index >= 15 is 0 Å². The molecule has 0 saturated heterocycles. The van der Waals surface area contributed by atoms with Crippen LogP contribution in [0.4, 0.5) is 0 Å². The Hall–Kier alpha value is -4.05. The van der Waals surface area contributed by atoms with Crippen LogP contribution < -0.4 is 14.2 Å². The maximum absolute atomic E-state index is 6.28. The molecule has 0 aliphatic heterocycles. The van der Waals surface area contributed by atoms with Crippen LogP contribution in [0.25, 0.3) is 34.6 Å². The van der Waals surface area contributed by atoms with Crippen molar-refractivity contribution >= 4 is 12.2 Å². The highest BCUT2D eigenvalue weighted by molar-refractivity contribution is 5.75. The van der Waals surface area contributed by atoms with Crippen molar-refractivity contribution in [2.24, 2.45) is 0 Å². The lowest BCUT2D eigenvalue weighted by Crippen LogP contribution is -1.91. The standard InChI is InChI=1S/C30H29O4/c1-4-32-27-16-9-23(10-17-27)25-20-29(15-8-22-6-13-26(31-3)14-7-22)34-30(21-25)24-11-18-28(19-12-24)33-5-2/h6-21H,4-5H2,1-3H3/q+1/b15-8-. The average molecular weight is 454 g/mol. The summed E-state index contributed by atoms with van der Waals surface area (Å²) in [5, 5.41) is 0. The van der Waals surface area contributed by atoms with E-state index in [9.17, 15) is 0 Å². The minimum Gasteiger partial charge on any atom is -0.497 e. The molecule has 172 valence electrons. The summed E-state index contributed by atoms with van der Waals surface area (Å²) < 4.78 is 22.7. The summed E-state index contributed by atoms with van der Waals surface area (Å²) in [5.41, 5.74) is 4.19. The molecule has 4 aromatic rings.